The van der Waals surface area contributed by atoms with Gasteiger partial charge < -0.3 is 20.4 Å². The van der Waals surface area contributed by atoms with E-state index in [9.17, 15) is 0 Å². The molecule has 5 rings (SSSR count). The highest BCUT2D eigenvalue weighted by Gasteiger charge is 2.11. The number of fused-ring (bicyclic) bond motifs is 1. The van der Waals surface area contributed by atoms with Gasteiger partial charge in [-0.2, -0.15) is 5.10 Å². The lowest BCUT2D eigenvalue weighted by Gasteiger charge is -2.15. The Hall–Kier alpha value is -4.46. The topological polar surface area (TPSA) is 104 Å². The Morgan fingerprint density at radius 1 is 1.03 bits per heavy atom. The van der Waals surface area contributed by atoms with Crippen LogP contribution in [0.15, 0.2) is 73.6 Å². The predicted octanol–water partition coefficient (Wildman–Crippen LogP) is 4.60. The van der Waals surface area contributed by atoms with Crippen LogP contribution in [0.2, 0.25) is 0 Å². The fourth-order valence-electron chi connectivity index (χ4n) is 4.04. The van der Waals surface area contributed by atoms with Crippen molar-refractivity contribution in [2.24, 2.45) is 0 Å². The number of ether oxygens (including phenoxy) is 1. The van der Waals surface area contributed by atoms with Gasteiger partial charge in [0.25, 0.3) is 0 Å². The summed E-state index contributed by atoms with van der Waals surface area (Å²) in [5.41, 5.74) is 11.7. The van der Waals surface area contributed by atoms with E-state index in [4.69, 9.17) is 10.5 Å². The molecule has 2 aromatic carbocycles. The molecule has 0 aliphatic rings. The van der Waals surface area contributed by atoms with Crippen LogP contribution in [0.25, 0.3) is 16.5 Å². The van der Waals surface area contributed by atoms with Crippen LogP contribution in [0.4, 0.5) is 11.6 Å². The first-order valence-corrected chi connectivity index (χ1v) is 11.0. The number of imidazole rings is 1. The second kappa shape index (κ2) is 9.19. The zero-order chi connectivity index (χ0) is 23.5. The second-order valence-electron chi connectivity index (χ2n) is 8.14. The predicted molar refractivity (Wildman–Crippen MR) is 133 cm³/mol. The summed E-state index contributed by atoms with van der Waals surface area (Å²) in [5.74, 6) is 1.86. The first-order valence-electron chi connectivity index (χ1n) is 11.0. The summed E-state index contributed by atoms with van der Waals surface area (Å²) in [6.07, 6.45) is 8.81. The molecule has 0 spiro atoms. The minimum Gasteiger partial charge on any atom is -0.487 e. The third-order valence-corrected chi connectivity index (χ3v) is 5.93. The van der Waals surface area contributed by atoms with Crippen molar-refractivity contribution in [1.82, 2.24) is 24.7 Å². The SMILES string of the molecule is Cc1cc2c(N)nccc2c(C)c1CNc1cc(OCc2ccc(-n3ccnc3)cc2)cnn1. The van der Waals surface area contributed by atoms with Gasteiger partial charge in [-0.1, -0.05) is 12.1 Å². The van der Waals surface area contributed by atoms with E-state index in [2.05, 4.69) is 45.4 Å². The van der Waals surface area contributed by atoms with Gasteiger partial charge in [0.15, 0.2) is 5.82 Å². The van der Waals surface area contributed by atoms with Gasteiger partial charge in [-0.05, 0) is 65.8 Å². The number of nitrogens with zero attached hydrogens (tertiary/aromatic N) is 5. The molecule has 0 amide bonds. The highest BCUT2D eigenvalue weighted by molar-refractivity contribution is 5.94. The van der Waals surface area contributed by atoms with Gasteiger partial charge in [-0.25, -0.2) is 9.97 Å². The highest BCUT2D eigenvalue weighted by atomic mass is 16.5. The lowest BCUT2D eigenvalue weighted by atomic mass is 9.96. The van der Waals surface area contributed by atoms with Crippen LogP contribution in [0, 0.1) is 13.8 Å². The van der Waals surface area contributed by atoms with Crippen LogP contribution in [0.3, 0.4) is 0 Å². The van der Waals surface area contributed by atoms with Crippen LogP contribution in [-0.2, 0) is 13.2 Å². The van der Waals surface area contributed by atoms with Gasteiger partial charge in [0.2, 0.25) is 0 Å². The summed E-state index contributed by atoms with van der Waals surface area (Å²) in [5, 5.41) is 13.8. The molecule has 0 aliphatic heterocycles. The zero-order valence-electron chi connectivity index (χ0n) is 19.1. The second-order valence-corrected chi connectivity index (χ2v) is 8.14. The lowest BCUT2D eigenvalue weighted by Crippen LogP contribution is -2.07. The number of nitrogens with one attached hydrogen (secondary N) is 1. The molecule has 3 aromatic heterocycles. The molecule has 0 bridgehead atoms. The zero-order valence-corrected chi connectivity index (χ0v) is 19.1. The Labute approximate surface area is 197 Å². The summed E-state index contributed by atoms with van der Waals surface area (Å²) < 4.78 is 7.91. The molecule has 0 unspecified atom stereocenters. The number of nitrogens with two attached hydrogens (primary N) is 1. The Kier molecular flexibility index (Phi) is 5.78. The molecule has 34 heavy (non-hydrogen) atoms. The summed E-state index contributed by atoms with van der Waals surface area (Å²) in [4.78, 5) is 8.28. The normalized spacial score (nSPS) is 11.0. The van der Waals surface area contributed by atoms with E-state index in [1.807, 2.05) is 47.2 Å². The molecule has 0 atom stereocenters. The molecule has 3 heterocycles. The van der Waals surface area contributed by atoms with Crippen molar-refractivity contribution < 1.29 is 4.74 Å². The molecule has 5 aromatic rings. The van der Waals surface area contributed by atoms with E-state index in [0.29, 0.717) is 30.5 Å². The molecule has 8 nitrogen and oxygen atoms in total. The van der Waals surface area contributed by atoms with Crippen molar-refractivity contribution in [2.75, 3.05) is 11.1 Å². The molecule has 0 saturated carbocycles. The number of benzene rings is 2. The van der Waals surface area contributed by atoms with Crippen molar-refractivity contribution in [3.05, 3.63) is 95.8 Å². The number of aryl methyl sites for hydroxylation is 2. The number of pyridine rings is 1. The molecule has 3 N–H and O–H groups in total. The quantitative estimate of drug-likeness (QED) is 0.373. The van der Waals surface area contributed by atoms with Crippen molar-refractivity contribution >= 4 is 22.4 Å². The highest BCUT2D eigenvalue weighted by Crippen LogP contribution is 2.28. The minimum absolute atomic E-state index is 0.438. The van der Waals surface area contributed by atoms with E-state index < -0.39 is 0 Å². The molecule has 0 fully saturated rings. The van der Waals surface area contributed by atoms with Gasteiger partial charge in [-0.15, -0.1) is 5.10 Å². The smallest absolute Gasteiger partial charge is 0.152 e. The number of hydrogen-bond acceptors (Lipinski definition) is 7. The van der Waals surface area contributed by atoms with Crippen molar-refractivity contribution in [3.63, 3.8) is 0 Å². The Bertz CT molecular complexity index is 1430. The molecule has 170 valence electrons. The molecular weight excluding hydrogens is 426 g/mol. The van der Waals surface area contributed by atoms with E-state index >= 15 is 0 Å². The Morgan fingerprint density at radius 3 is 2.68 bits per heavy atom. The molecule has 8 heteroatoms. The number of nitrogen functional groups attached to an aromatic ring is 1. The number of aromatic nitrogens is 5. The third kappa shape index (κ3) is 4.38. The van der Waals surface area contributed by atoms with Gasteiger partial charge in [0.05, 0.1) is 12.5 Å². The van der Waals surface area contributed by atoms with E-state index in [1.54, 1.807) is 24.9 Å². The van der Waals surface area contributed by atoms with Crippen LogP contribution >= 0.6 is 0 Å². The number of rotatable bonds is 7. The maximum Gasteiger partial charge on any atom is 0.152 e. The molecule has 0 radical (unpaired) electrons. The largest absolute Gasteiger partial charge is 0.487 e. The monoisotopic (exact) mass is 451 g/mol. The van der Waals surface area contributed by atoms with Crippen LogP contribution in [-0.4, -0.2) is 24.7 Å². The van der Waals surface area contributed by atoms with Crippen molar-refractivity contribution in [3.8, 4) is 11.4 Å². The van der Waals surface area contributed by atoms with Crippen molar-refractivity contribution in [1.29, 1.82) is 0 Å². The summed E-state index contributed by atoms with van der Waals surface area (Å²) in [6.45, 7) is 5.24. The summed E-state index contributed by atoms with van der Waals surface area (Å²) in [6, 6.07) is 14.1. The molecular formula is C26H25N7O. The van der Waals surface area contributed by atoms with Crippen LogP contribution in [0.1, 0.15) is 22.3 Å². The van der Waals surface area contributed by atoms with E-state index in [-0.39, 0.29) is 0 Å². The Balaban J connectivity index is 1.25. The third-order valence-electron chi connectivity index (χ3n) is 5.93. The summed E-state index contributed by atoms with van der Waals surface area (Å²) >= 11 is 0. The van der Waals surface area contributed by atoms with Gasteiger partial charge >= 0.3 is 0 Å². The van der Waals surface area contributed by atoms with Gasteiger partial charge in [-0.3, -0.25) is 0 Å². The fourth-order valence-corrected chi connectivity index (χ4v) is 4.04. The summed E-state index contributed by atoms with van der Waals surface area (Å²) in [7, 11) is 0. The average Bonchev–Trinajstić information content (AvgIpc) is 3.39. The maximum absolute atomic E-state index is 6.06. The fraction of sp³-hybridized carbons (Fsp3) is 0.154. The molecule has 0 aliphatic carbocycles. The average molecular weight is 452 g/mol. The van der Waals surface area contributed by atoms with Gasteiger partial charge in [0.1, 0.15) is 18.2 Å². The van der Waals surface area contributed by atoms with E-state index in [1.165, 1.54) is 11.1 Å². The van der Waals surface area contributed by atoms with Crippen LogP contribution < -0.4 is 15.8 Å². The van der Waals surface area contributed by atoms with Crippen LogP contribution in [0.5, 0.6) is 5.75 Å². The van der Waals surface area contributed by atoms with E-state index in [0.717, 1.165) is 27.6 Å². The van der Waals surface area contributed by atoms with Crippen molar-refractivity contribution in [2.45, 2.75) is 27.0 Å². The number of anilines is 2. The maximum atomic E-state index is 6.06. The first kappa shape index (κ1) is 21.4. The minimum atomic E-state index is 0.438. The van der Waals surface area contributed by atoms with Gasteiger partial charge in [0, 0.05) is 42.3 Å². The first-order chi connectivity index (χ1) is 16.6. The standard InChI is InChI=1S/C26H25N7O/c1-17-11-23-22(7-8-29-26(23)27)18(2)24(17)14-30-25-12-21(13-31-32-25)34-15-19-3-5-20(6-4-19)33-10-9-28-16-33/h3-13,16H,14-15H2,1-2H3,(H2,27,29)(H,30,32). The number of hydrogen-bond donors (Lipinski definition) is 2. The lowest BCUT2D eigenvalue weighted by molar-refractivity contribution is 0.304. The molecule has 0 saturated heterocycles. The Morgan fingerprint density at radius 2 is 1.88 bits per heavy atom.